The number of hydrazine groups is 1. The Hall–Kier alpha value is -1.62. The van der Waals surface area contributed by atoms with Crippen molar-refractivity contribution in [2.45, 2.75) is 31.6 Å². The summed E-state index contributed by atoms with van der Waals surface area (Å²) in [4.78, 5) is 15.9. The lowest BCUT2D eigenvalue weighted by atomic mass is 9.80. The predicted molar refractivity (Wildman–Crippen MR) is 67.8 cm³/mol. The topological polar surface area (TPSA) is 77.2 Å². The molecular weight excluding hydrogens is 230 g/mol. The summed E-state index contributed by atoms with van der Waals surface area (Å²) in [6.07, 6.45) is 3.68. The van der Waals surface area contributed by atoms with Crippen molar-refractivity contribution < 1.29 is 9.53 Å². The Kier molecular flexibility index (Phi) is 4.15. The molecule has 3 N–H and O–H groups in total. The van der Waals surface area contributed by atoms with Crippen molar-refractivity contribution >= 4 is 5.91 Å². The Morgan fingerprint density at radius 3 is 2.72 bits per heavy atom. The highest BCUT2D eigenvalue weighted by Gasteiger charge is 2.27. The van der Waals surface area contributed by atoms with Crippen LogP contribution >= 0.6 is 0 Å². The monoisotopic (exact) mass is 249 g/mol. The first-order valence-corrected chi connectivity index (χ1v) is 6.26. The van der Waals surface area contributed by atoms with Crippen molar-refractivity contribution in [1.82, 2.24) is 10.4 Å². The minimum absolute atomic E-state index is 0.0490. The van der Waals surface area contributed by atoms with E-state index in [-0.39, 0.29) is 11.8 Å². The molecule has 1 aliphatic rings. The van der Waals surface area contributed by atoms with Crippen molar-refractivity contribution in [3.05, 3.63) is 23.9 Å². The van der Waals surface area contributed by atoms with E-state index in [0.717, 1.165) is 31.4 Å². The minimum atomic E-state index is -0.0490. The summed E-state index contributed by atoms with van der Waals surface area (Å²) in [5.74, 6) is 6.23. The van der Waals surface area contributed by atoms with Crippen LogP contribution in [0.25, 0.3) is 0 Å². The average Bonchev–Trinajstić information content (AvgIpc) is 2.46. The lowest BCUT2D eigenvalue weighted by Crippen LogP contribution is -2.37. The SMILES string of the molecule is COc1cccc(C2CCC(C(=O)NN)CC2)n1. The van der Waals surface area contributed by atoms with E-state index in [1.807, 2.05) is 18.2 Å². The van der Waals surface area contributed by atoms with Gasteiger partial charge >= 0.3 is 0 Å². The first kappa shape index (κ1) is 12.8. The second kappa shape index (κ2) is 5.82. The molecule has 5 nitrogen and oxygen atoms in total. The zero-order valence-corrected chi connectivity index (χ0v) is 10.6. The van der Waals surface area contributed by atoms with Crippen LogP contribution in [0.5, 0.6) is 5.88 Å². The van der Waals surface area contributed by atoms with Gasteiger partial charge in [0.2, 0.25) is 11.8 Å². The van der Waals surface area contributed by atoms with Gasteiger partial charge in [-0.15, -0.1) is 0 Å². The Morgan fingerprint density at radius 2 is 2.11 bits per heavy atom. The van der Waals surface area contributed by atoms with Crippen LogP contribution in [-0.4, -0.2) is 18.0 Å². The Labute approximate surface area is 107 Å². The van der Waals surface area contributed by atoms with Crippen molar-refractivity contribution in [3.8, 4) is 5.88 Å². The van der Waals surface area contributed by atoms with Crippen LogP contribution in [0.3, 0.4) is 0 Å². The van der Waals surface area contributed by atoms with Crippen molar-refractivity contribution in [3.63, 3.8) is 0 Å². The normalized spacial score (nSPS) is 23.4. The number of nitrogens with two attached hydrogens (primary N) is 1. The van der Waals surface area contributed by atoms with Crippen LogP contribution in [0.2, 0.25) is 0 Å². The molecule has 0 unspecified atom stereocenters. The van der Waals surface area contributed by atoms with E-state index in [4.69, 9.17) is 10.6 Å². The number of pyridine rings is 1. The lowest BCUT2D eigenvalue weighted by Gasteiger charge is -2.27. The largest absolute Gasteiger partial charge is 0.481 e. The smallest absolute Gasteiger partial charge is 0.236 e. The van der Waals surface area contributed by atoms with Crippen molar-refractivity contribution in [2.24, 2.45) is 11.8 Å². The highest BCUT2D eigenvalue weighted by Crippen LogP contribution is 2.35. The highest BCUT2D eigenvalue weighted by molar-refractivity contribution is 5.78. The molecule has 0 atom stereocenters. The third-order valence-corrected chi connectivity index (χ3v) is 3.61. The molecule has 0 bridgehead atoms. The molecule has 1 aromatic rings. The molecule has 0 saturated heterocycles. The average molecular weight is 249 g/mol. The van der Waals surface area contributed by atoms with Gasteiger partial charge < -0.3 is 4.74 Å². The molecule has 0 aliphatic heterocycles. The quantitative estimate of drug-likeness (QED) is 0.481. The van der Waals surface area contributed by atoms with Gasteiger partial charge in [0.25, 0.3) is 0 Å². The van der Waals surface area contributed by atoms with Crippen LogP contribution in [0, 0.1) is 5.92 Å². The van der Waals surface area contributed by atoms with Crippen LogP contribution in [0.15, 0.2) is 18.2 Å². The van der Waals surface area contributed by atoms with E-state index in [1.165, 1.54) is 0 Å². The molecule has 2 rings (SSSR count). The first-order valence-electron chi connectivity index (χ1n) is 6.26. The summed E-state index contributed by atoms with van der Waals surface area (Å²) in [6, 6.07) is 5.83. The second-order valence-electron chi connectivity index (χ2n) is 4.66. The molecule has 0 aromatic carbocycles. The number of nitrogens with one attached hydrogen (secondary N) is 1. The fraction of sp³-hybridized carbons (Fsp3) is 0.538. The molecule has 1 heterocycles. The summed E-state index contributed by atoms with van der Waals surface area (Å²) in [7, 11) is 1.62. The summed E-state index contributed by atoms with van der Waals surface area (Å²) in [5, 5.41) is 0. The van der Waals surface area contributed by atoms with Gasteiger partial charge in [0.1, 0.15) is 0 Å². The molecule has 0 radical (unpaired) electrons. The third-order valence-electron chi connectivity index (χ3n) is 3.61. The first-order chi connectivity index (χ1) is 8.74. The van der Waals surface area contributed by atoms with Crippen LogP contribution in [0.4, 0.5) is 0 Å². The molecule has 1 aromatic heterocycles. The number of aromatic nitrogens is 1. The molecule has 18 heavy (non-hydrogen) atoms. The van der Waals surface area contributed by atoms with Crippen LogP contribution < -0.4 is 16.0 Å². The molecule has 1 saturated carbocycles. The van der Waals surface area contributed by atoms with Gasteiger partial charge in [-0.1, -0.05) is 6.07 Å². The van der Waals surface area contributed by atoms with Gasteiger partial charge in [-0.25, -0.2) is 10.8 Å². The number of rotatable bonds is 3. The van der Waals surface area contributed by atoms with E-state index in [1.54, 1.807) is 7.11 Å². The number of amides is 1. The molecule has 5 heteroatoms. The highest BCUT2D eigenvalue weighted by atomic mass is 16.5. The van der Waals surface area contributed by atoms with E-state index in [9.17, 15) is 4.79 Å². The molecule has 1 fully saturated rings. The van der Waals surface area contributed by atoms with E-state index in [2.05, 4.69) is 10.4 Å². The second-order valence-corrected chi connectivity index (χ2v) is 4.66. The summed E-state index contributed by atoms with van der Waals surface area (Å²) in [5.41, 5.74) is 3.29. The fourth-order valence-electron chi connectivity index (χ4n) is 2.54. The molecule has 0 spiro atoms. The Morgan fingerprint density at radius 1 is 1.39 bits per heavy atom. The molecule has 1 amide bonds. The Balaban J connectivity index is 1.98. The summed E-state index contributed by atoms with van der Waals surface area (Å²) in [6.45, 7) is 0. The maximum Gasteiger partial charge on any atom is 0.236 e. The van der Waals surface area contributed by atoms with Gasteiger partial charge in [-0.3, -0.25) is 10.2 Å². The van der Waals surface area contributed by atoms with Crippen molar-refractivity contribution in [2.75, 3.05) is 7.11 Å². The van der Waals surface area contributed by atoms with Crippen molar-refractivity contribution in [1.29, 1.82) is 0 Å². The van der Waals surface area contributed by atoms with Gasteiger partial charge in [-0.2, -0.15) is 0 Å². The van der Waals surface area contributed by atoms with Crippen LogP contribution in [-0.2, 0) is 4.79 Å². The number of hydrogen-bond donors (Lipinski definition) is 2. The third kappa shape index (κ3) is 2.79. The van der Waals surface area contributed by atoms with Gasteiger partial charge in [0.15, 0.2) is 0 Å². The molecule has 1 aliphatic carbocycles. The zero-order chi connectivity index (χ0) is 13.0. The predicted octanol–water partition coefficient (Wildman–Crippen LogP) is 1.35. The maximum atomic E-state index is 11.4. The Bertz CT molecular complexity index is 414. The number of ether oxygens (including phenoxy) is 1. The number of hydrogen-bond acceptors (Lipinski definition) is 4. The number of carbonyl (C=O) groups excluding carboxylic acids is 1. The number of carbonyl (C=O) groups is 1. The van der Waals surface area contributed by atoms with Gasteiger partial charge in [0.05, 0.1) is 7.11 Å². The number of nitrogens with zero attached hydrogens (tertiary/aromatic N) is 1. The summed E-state index contributed by atoms with van der Waals surface area (Å²) < 4.78 is 5.13. The van der Waals surface area contributed by atoms with E-state index >= 15 is 0 Å². The standard InChI is InChI=1S/C13H19N3O2/c1-18-12-4-2-3-11(15-12)9-5-7-10(8-6-9)13(17)16-14/h2-4,9-10H,5-8,14H2,1H3,(H,16,17). The van der Waals surface area contributed by atoms with Gasteiger partial charge in [0, 0.05) is 23.6 Å². The minimum Gasteiger partial charge on any atom is -0.481 e. The fourth-order valence-corrected chi connectivity index (χ4v) is 2.54. The zero-order valence-electron chi connectivity index (χ0n) is 10.6. The van der Waals surface area contributed by atoms with E-state index in [0.29, 0.717) is 11.8 Å². The summed E-state index contributed by atoms with van der Waals surface area (Å²) >= 11 is 0. The molecule has 98 valence electrons. The molecular formula is C13H19N3O2. The van der Waals surface area contributed by atoms with E-state index < -0.39 is 0 Å². The maximum absolute atomic E-state index is 11.4. The van der Waals surface area contributed by atoms with Crippen LogP contribution in [0.1, 0.15) is 37.3 Å². The lowest BCUT2D eigenvalue weighted by molar-refractivity contribution is -0.126. The van der Waals surface area contributed by atoms with Gasteiger partial charge in [-0.05, 0) is 31.7 Å². The number of methoxy groups -OCH3 is 1.